The highest BCUT2D eigenvalue weighted by Crippen LogP contribution is 2.34. The van der Waals surface area contributed by atoms with Gasteiger partial charge in [0, 0.05) is 14.1 Å². The molecular weight excluding hydrogens is 288 g/mol. The number of amides is 1. The Bertz CT molecular complexity index is 614. The van der Waals surface area contributed by atoms with Crippen LogP contribution >= 0.6 is 11.8 Å². The second-order valence-corrected chi connectivity index (χ2v) is 5.55. The third-order valence-electron chi connectivity index (χ3n) is 2.64. The molecule has 0 aliphatic heterocycles. The Morgan fingerprint density at radius 1 is 1.10 bits per heavy atom. The lowest BCUT2D eigenvalue weighted by Gasteiger charge is -2.19. The van der Waals surface area contributed by atoms with Gasteiger partial charge in [-0.25, -0.2) is 0 Å². The molecule has 2 rings (SSSR count). The van der Waals surface area contributed by atoms with E-state index in [1.807, 2.05) is 30.3 Å². The van der Waals surface area contributed by atoms with Gasteiger partial charge in [0.1, 0.15) is 5.25 Å². The van der Waals surface area contributed by atoms with Gasteiger partial charge in [0.25, 0.3) is 0 Å². The first-order valence-corrected chi connectivity index (χ1v) is 7.05. The molecule has 1 heterocycles. The Morgan fingerprint density at radius 3 is 2.19 bits per heavy atom. The van der Waals surface area contributed by atoms with E-state index in [2.05, 4.69) is 15.0 Å². The molecule has 8 heteroatoms. The van der Waals surface area contributed by atoms with Crippen LogP contribution in [0.3, 0.4) is 0 Å². The fourth-order valence-electron chi connectivity index (χ4n) is 1.67. The zero-order valence-corrected chi connectivity index (χ0v) is 12.5. The lowest BCUT2D eigenvalue weighted by Crippen LogP contribution is -2.26. The van der Waals surface area contributed by atoms with E-state index in [1.54, 1.807) is 14.1 Å². The van der Waals surface area contributed by atoms with Crippen LogP contribution in [-0.2, 0) is 4.79 Å². The van der Waals surface area contributed by atoms with E-state index in [4.69, 9.17) is 11.5 Å². The molecule has 0 aliphatic carbocycles. The SMILES string of the molecule is CN(C)C(=O)C(Sc1nc(N)nc(N)n1)c1ccccc1. The van der Waals surface area contributed by atoms with Gasteiger partial charge < -0.3 is 16.4 Å². The molecule has 1 amide bonds. The predicted octanol–water partition coefficient (Wildman–Crippen LogP) is 0.958. The smallest absolute Gasteiger partial charge is 0.240 e. The first kappa shape index (κ1) is 15.0. The highest BCUT2D eigenvalue weighted by atomic mass is 32.2. The number of nitrogens with two attached hydrogens (primary N) is 2. The average molecular weight is 304 g/mol. The molecule has 0 radical (unpaired) electrons. The molecule has 21 heavy (non-hydrogen) atoms. The molecule has 110 valence electrons. The summed E-state index contributed by atoms with van der Waals surface area (Å²) in [6.45, 7) is 0. The second kappa shape index (κ2) is 6.40. The molecule has 1 aromatic heterocycles. The van der Waals surface area contributed by atoms with Gasteiger partial charge in [-0.15, -0.1) is 0 Å². The van der Waals surface area contributed by atoms with Crippen LogP contribution in [0.25, 0.3) is 0 Å². The largest absolute Gasteiger partial charge is 0.368 e. The monoisotopic (exact) mass is 304 g/mol. The average Bonchev–Trinajstić information content (AvgIpc) is 2.44. The van der Waals surface area contributed by atoms with Gasteiger partial charge in [0.05, 0.1) is 0 Å². The summed E-state index contributed by atoms with van der Waals surface area (Å²) in [6.07, 6.45) is 0. The van der Waals surface area contributed by atoms with E-state index in [-0.39, 0.29) is 17.8 Å². The van der Waals surface area contributed by atoms with Crippen LogP contribution in [0.4, 0.5) is 11.9 Å². The van der Waals surface area contributed by atoms with Gasteiger partial charge in [-0.1, -0.05) is 42.1 Å². The fourth-order valence-corrected chi connectivity index (χ4v) is 2.78. The number of aromatic nitrogens is 3. The summed E-state index contributed by atoms with van der Waals surface area (Å²) in [5.41, 5.74) is 12.0. The highest BCUT2D eigenvalue weighted by Gasteiger charge is 2.25. The number of nitrogens with zero attached hydrogens (tertiary/aromatic N) is 4. The minimum absolute atomic E-state index is 0.0362. The van der Waals surface area contributed by atoms with Crippen molar-refractivity contribution in [3.05, 3.63) is 35.9 Å². The molecule has 0 aliphatic rings. The molecule has 0 bridgehead atoms. The normalized spacial score (nSPS) is 11.9. The Hall–Kier alpha value is -2.35. The predicted molar refractivity (Wildman–Crippen MR) is 82.4 cm³/mol. The molecule has 0 saturated carbocycles. The van der Waals surface area contributed by atoms with Crippen LogP contribution in [0, 0.1) is 0 Å². The molecule has 1 aromatic carbocycles. The quantitative estimate of drug-likeness (QED) is 0.809. The van der Waals surface area contributed by atoms with Crippen LogP contribution in [0.5, 0.6) is 0 Å². The van der Waals surface area contributed by atoms with Crippen molar-refractivity contribution in [2.75, 3.05) is 25.6 Å². The van der Waals surface area contributed by atoms with Gasteiger partial charge >= 0.3 is 0 Å². The van der Waals surface area contributed by atoms with Crippen LogP contribution in [0.2, 0.25) is 0 Å². The van der Waals surface area contributed by atoms with Crippen LogP contribution in [0.1, 0.15) is 10.8 Å². The molecule has 1 atom stereocenters. The maximum absolute atomic E-state index is 12.4. The number of thioether (sulfide) groups is 1. The van der Waals surface area contributed by atoms with E-state index in [1.165, 1.54) is 16.7 Å². The molecule has 0 fully saturated rings. The topological polar surface area (TPSA) is 111 Å². The highest BCUT2D eigenvalue weighted by molar-refractivity contribution is 8.00. The van der Waals surface area contributed by atoms with Gasteiger partial charge in [-0.2, -0.15) is 15.0 Å². The van der Waals surface area contributed by atoms with Gasteiger partial charge in [-0.3, -0.25) is 4.79 Å². The number of nitrogen functional groups attached to an aromatic ring is 2. The van der Waals surface area contributed by atoms with Crippen molar-refractivity contribution < 1.29 is 4.79 Å². The first-order chi connectivity index (χ1) is 9.97. The lowest BCUT2D eigenvalue weighted by atomic mass is 10.1. The first-order valence-electron chi connectivity index (χ1n) is 6.17. The van der Waals surface area contributed by atoms with Crippen LogP contribution < -0.4 is 11.5 Å². The van der Waals surface area contributed by atoms with Crippen molar-refractivity contribution in [2.45, 2.75) is 10.4 Å². The zero-order chi connectivity index (χ0) is 15.4. The summed E-state index contributed by atoms with van der Waals surface area (Å²) in [5, 5.41) is -0.147. The van der Waals surface area contributed by atoms with E-state index in [0.29, 0.717) is 5.16 Å². The van der Waals surface area contributed by atoms with Crippen molar-refractivity contribution in [3.63, 3.8) is 0 Å². The van der Waals surface area contributed by atoms with Crippen molar-refractivity contribution in [1.82, 2.24) is 19.9 Å². The number of rotatable bonds is 4. The van der Waals surface area contributed by atoms with E-state index < -0.39 is 5.25 Å². The van der Waals surface area contributed by atoms with Crippen molar-refractivity contribution in [3.8, 4) is 0 Å². The minimum atomic E-state index is -0.470. The number of hydrogen-bond acceptors (Lipinski definition) is 7. The number of hydrogen-bond donors (Lipinski definition) is 2. The van der Waals surface area contributed by atoms with Crippen LogP contribution in [0.15, 0.2) is 35.5 Å². The van der Waals surface area contributed by atoms with Crippen LogP contribution in [-0.4, -0.2) is 39.9 Å². The molecule has 4 N–H and O–H groups in total. The van der Waals surface area contributed by atoms with Gasteiger partial charge in [-0.05, 0) is 5.56 Å². The maximum Gasteiger partial charge on any atom is 0.240 e. The molecular formula is C13H16N6OS. The van der Waals surface area contributed by atoms with Crippen molar-refractivity contribution >= 4 is 29.6 Å². The summed E-state index contributed by atoms with van der Waals surface area (Å²) in [6, 6.07) is 9.41. The third kappa shape index (κ3) is 3.82. The van der Waals surface area contributed by atoms with E-state index in [0.717, 1.165) is 5.56 Å². The summed E-state index contributed by atoms with van der Waals surface area (Å²) < 4.78 is 0. The number of carbonyl (C=O) groups excluding carboxylic acids is 1. The molecule has 2 aromatic rings. The summed E-state index contributed by atoms with van der Waals surface area (Å²) in [7, 11) is 3.41. The van der Waals surface area contributed by atoms with Gasteiger partial charge in [0.2, 0.25) is 17.8 Å². The van der Waals surface area contributed by atoms with Crippen molar-refractivity contribution in [1.29, 1.82) is 0 Å². The van der Waals surface area contributed by atoms with E-state index in [9.17, 15) is 4.79 Å². The lowest BCUT2D eigenvalue weighted by molar-refractivity contribution is -0.128. The summed E-state index contributed by atoms with van der Waals surface area (Å²) >= 11 is 1.19. The fraction of sp³-hybridized carbons (Fsp3) is 0.231. The Kier molecular flexibility index (Phi) is 4.59. The number of likely N-dealkylation sites (N-methyl/N-ethyl adjacent to an activating group) is 1. The number of benzene rings is 1. The minimum Gasteiger partial charge on any atom is -0.368 e. The van der Waals surface area contributed by atoms with Gasteiger partial charge in [0.15, 0.2) is 5.16 Å². The Labute approximate surface area is 126 Å². The zero-order valence-electron chi connectivity index (χ0n) is 11.7. The molecule has 7 nitrogen and oxygen atoms in total. The number of carbonyl (C=O) groups is 1. The molecule has 1 unspecified atom stereocenters. The van der Waals surface area contributed by atoms with Crippen molar-refractivity contribution in [2.24, 2.45) is 0 Å². The summed E-state index contributed by atoms with van der Waals surface area (Å²) in [4.78, 5) is 25.7. The Morgan fingerprint density at radius 2 is 1.67 bits per heavy atom. The summed E-state index contributed by atoms with van der Waals surface area (Å²) in [5.74, 6) is 0.00647. The Balaban J connectivity index is 2.34. The maximum atomic E-state index is 12.4. The van der Waals surface area contributed by atoms with E-state index >= 15 is 0 Å². The molecule has 0 spiro atoms. The molecule has 0 saturated heterocycles. The number of anilines is 2. The second-order valence-electron chi connectivity index (χ2n) is 4.48. The standard InChI is InChI=1S/C13H16N6OS/c1-19(2)10(20)9(8-6-4-3-5-7-8)21-13-17-11(14)16-12(15)18-13/h3-7,9H,1-2H3,(H4,14,15,16,17,18). The third-order valence-corrected chi connectivity index (χ3v) is 3.74.